The standard InChI is InChI=1S/C18H24N4O3S/c1-11(23)19-12-6-8-13(9-7-12)20-16(24)5-3-2-4-15-17-14(10-26-15)21-18(25)22-17/h6-9,14-15,17H,2-5,10H2,1H3,(H,19,23)(H,20,24)(H2,21,22,25)/t14-,15-,17-/m0/s1. The SMILES string of the molecule is CC(=O)Nc1ccc(NC(=O)CCCC[C@@H]2SC[C@@H]3NC(=O)N[C@@H]32)cc1. The molecule has 2 aliphatic rings. The molecular weight excluding hydrogens is 352 g/mol. The van der Waals surface area contributed by atoms with Gasteiger partial charge >= 0.3 is 6.03 Å². The zero-order valence-corrected chi connectivity index (χ0v) is 15.5. The maximum atomic E-state index is 12.0. The van der Waals surface area contributed by atoms with Crippen LogP contribution in [0, 0.1) is 0 Å². The molecule has 4 N–H and O–H groups in total. The first-order valence-electron chi connectivity index (χ1n) is 8.87. The Labute approximate surface area is 157 Å². The fraction of sp³-hybridized carbons (Fsp3) is 0.500. The molecule has 26 heavy (non-hydrogen) atoms. The van der Waals surface area contributed by atoms with Crippen molar-refractivity contribution in [2.45, 2.75) is 49.9 Å². The van der Waals surface area contributed by atoms with Crippen molar-refractivity contribution in [1.29, 1.82) is 0 Å². The average Bonchev–Trinajstić information content (AvgIpc) is 3.12. The van der Waals surface area contributed by atoms with E-state index in [4.69, 9.17) is 0 Å². The molecule has 2 fully saturated rings. The second kappa shape index (κ2) is 8.44. The van der Waals surface area contributed by atoms with E-state index in [2.05, 4.69) is 21.3 Å². The first-order valence-corrected chi connectivity index (χ1v) is 9.92. The number of carbonyl (C=O) groups excluding carboxylic acids is 3. The van der Waals surface area contributed by atoms with Crippen molar-refractivity contribution in [3.05, 3.63) is 24.3 Å². The number of anilines is 2. The number of amides is 4. The number of rotatable bonds is 7. The second-order valence-corrected chi connectivity index (χ2v) is 7.95. The Morgan fingerprint density at radius 1 is 1.12 bits per heavy atom. The molecule has 3 atom stereocenters. The van der Waals surface area contributed by atoms with Crippen LogP contribution in [0.2, 0.25) is 0 Å². The van der Waals surface area contributed by atoms with Gasteiger partial charge in [-0.05, 0) is 37.1 Å². The lowest BCUT2D eigenvalue weighted by atomic mass is 10.0. The predicted molar refractivity (Wildman–Crippen MR) is 103 cm³/mol. The maximum Gasteiger partial charge on any atom is 0.315 e. The van der Waals surface area contributed by atoms with Crippen molar-refractivity contribution in [2.75, 3.05) is 16.4 Å². The lowest BCUT2D eigenvalue weighted by molar-refractivity contribution is -0.116. The van der Waals surface area contributed by atoms with Gasteiger partial charge in [0.1, 0.15) is 0 Å². The van der Waals surface area contributed by atoms with Crippen molar-refractivity contribution in [2.24, 2.45) is 0 Å². The molecular formula is C18H24N4O3S. The van der Waals surface area contributed by atoms with Crippen LogP contribution < -0.4 is 21.3 Å². The van der Waals surface area contributed by atoms with E-state index in [1.165, 1.54) is 6.92 Å². The maximum absolute atomic E-state index is 12.0. The summed E-state index contributed by atoms with van der Waals surface area (Å²) in [6.45, 7) is 1.46. The number of thioether (sulfide) groups is 1. The Balaban J connectivity index is 1.34. The van der Waals surface area contributed by atoms with Crippen molar-refractivity contribution in [1.82, 2.24) is 10.6 Å². The largest absolute Gasteiger partial charge is 0.332 e. The Kier molecular flexibility index (Phi) is 6.03. The van der Waals surface area contributed by atoms with Crippen LogP contribution in [0.3, 0.4) is 0 Å². The summed E-state index contributed by atoms with van der Waals surface area (Å²) in [5.74, 6) is 0.829. The number of hydrogen-bond acceptors (Lipinski definition) is 4. The first kappa shape index (κ1) is 18.6. The van der Waals surface area contributed by atoms with E-state index < -0.39 is 0 Å². The van der Waals surface area contributed by atoms with E-state index in [0.717, 1.165) is 30.7 Å². The highest BCUT2D eigenvalue weighted by Gasteiger charge is 2.42. The molecule has 4 amide bonds. The summed E-state index contributed by atoms with van der Waals surface area (Å²) in [6.07, 6.45) is 3.27. The molecule has 0 saturated carbocycles. The molecule has 0 aliphatic carbocycles. The molecule has 0 aromatic heterocycles. The van der Waals surface area contributed by atoms with Crippen LogP contribution in [-0.2, 0) is 9.59 Å². The number of nitrogens with one attached hydrogen (secondary N) is 4. The fourth-order valence-corrected chi connectivity index (χ4v) is 4.88. The Hall–Kier alpha value is -2.22. The molecule has 0 unspecified atom stereocenters. The summed E-state index contributed by atoms with van der Waals surface area (Å²) in [5.41, 5.74) is 1.43. The minimum atomic E-state index is -0.124. The third kappa shape index (κ3) is 4.91. The van der Waals surface area contributed by atoms with Crippen molar-refractivity contribution in [3.63, 3.8) is 0 Å². The molecule has 2 saturated heterocycles. The molecule has 140 valence electrons. The number of hydrogen-bond donors (Lipinski definition) is 4. The number of fused-ring (bicyclic) bond motifs is 1. The highest BCUT2D eigenvalue weighted by atomic mass is 32.2. The second-order valence-electron chi connectivity index (χ2n) is 6.67. The molecule has 1 aromatic carbocycles. The monoisotopic (exact) mass is 376 g/mol. The molecule has 0 radical (unpaired) electrons. The van der Waals surface area contributed by atoms with Gasteiger partial charge in [-0.1, -0.05) is 6.42 Å². The van der Waals surface area contributed by atoms with Gasteiger partial charge in [-0.15, -0.1) is 0 Å². The summed E-state index contributed by atoms with van der Waals surface area (Å²) in [5, 5.41) is 11.9. The zero-order valence-electron chi connectivity index (χ0n) is 14.7. The fourth-order valence-electron chi connectivity index (χ4n) is 3.34. The van der Waals surface area contributed by atoms with E-state index in [-0.39, 0.29) is 29.9 Å². The first-order chi connectivity index (χ1) is 12.5. The average molecular weight is 376 g/mol. The Morgan fingerprint density at radius 3 is 2.50 bits per heavy atom. The van der Waals surface area contributed by atoms with Crippen molar-refractivity contribution < 1.29 is 14.4 Å². The van der Waals surface area contributed by atoms with Crippen molar-refractivity contribution in [3.8, 4) is 0 Å². The molecule has 2 heterocycles. The van der Waals surface area contributed by atoms with Gasteiger partial charge in [0.25, 0.3) is 0 Å². The predicted octanol–water partition coefficient (Wildman–Crippen LogP) is 2.31. The Morgan fingerprint density at radius 2 is 1.81 bits per heavy atom. The Bertz CT molecular complexity index is 680. The van der Waals surface area contributed by atoms with Gasteiger partial charge < -0.3 is 21.3 Å². The van der Waals surface area contributed by atoms with Gasteiger partial charge in [-0.25, -0.2) is 4.79 Å². The van der Waals surface area contributed by atoms with Gasteiger partial charge in [0, 0.05) is 35.7 Å². The minimum absolute atomic E-state index is 0.00920. The molecule has 2 aliphatic heterocycles. The summed E-state index contributed by atoms with van der Waals surface area (Å²) in [6, 6.07) is 7.48. The molecule has 7 nitrogen and oxygen atoms in total. The zero-order chi connectivity index (χ0) is 18.5. The lowest BCUT2D eigenvalue weighted by Gasteiger charge is -2.16. The number of carbonyl (C=O) groups is 3. The molecule has 0 spiro atoms. The number of unbranched alkanes of at least 4 members (excludes halogenated alkanes) is 1. The summed E-state index contributed by atoms with van der Waals surface area (Å²) in [7, 11) is 0. The third-order valence-corrected chi connectivity index (χ3v) is 6.08. The molecule has 3 rings (SSSR count). The topological polar surface area (TPSA) is 99.3 Å². The minimum Gasteiger partial charge on any atom is -0.332 e. The highest BCUT2D eigenvalue weighted by molar-refractivity contribution is 8.00. The number of benzene rings is 1. The highest BCUT2D eigenvalue weighted by Crippen LogP contribution is 2.33. The van der Waals surface area contributed by atoms with Crippen LogP contribution in [0.15, 0.2) is 24.3 Å². The summed E-state index contributed by atoms with van der Waals surface area (Å²) < 4.78 is 0. The lowest BCUT2D eigenvalue weighted by Crippen LogP contribution is -2.36. The van der Waals surface area contributed by atoms with Crippen LogP contribution in [-0.4, -0.2) is 40.9 Å². The van der Waals surface area contributed by atoms with Crippen LogP contribution in [0.5, 0.6) is 0 Å². The number of urea groups is 1. The van der Waals surface area contributed by atoms with Gasteiger partial charge in [0.15, 0.2) is 0 Å². The summed E-state index contributed by atoms with van der Waals surface area (Å²) in [4.78, 5) is 34.4. The van der Waals surface area contributed by atoms with Crippen LogP contribution >= 0.6 is 11.8 Å². The van der Waals surface area contributed by atoms with Gasteiger partial charge in [0.2, 0.25) is 11.8 Å². The van der Waals surface area contributed by atoms with E-state index >= 15 is 0 Å². The van der Waals surface area contributed by atoms with Gasteiger partial charge in [0.05, 0.1) is 12.1 Å². The van der Waals surface area contributed by atoms with Gasteiger partial charge in [-0.2, -0.15) is 11.8 Å². The van der Waals surface area contributed by atoms with Crippen LogP contribution in [0.4, 0.5) is 16.2 Å². The van der Waals surface area contributed by atoms with E-state index in [1.54, 1.807) is 24.3 Å². The van der Waals surface area contributed by atoms with E-state index in [9.17, 15) is 14.4 Å². The summed E-state index contributed by atoms with van der Waals surface area (Å²) >= 11 is 1.90. The molecule has 0 bridgehead atoms. The molecule has 1 aromatic rings. The van der Waals surface area contributed by atoms with E-state index in [1.807, 2.05) is 11.8 Å². The van der Waals surface area contributed by atoms with Gasteiger partial charge in [-0.3, -0.25) is 9.59 Å². The smallest absolute Gasteiger partial charge is 0.315 e. The van der Waals surface area contributed by atoms with Crippen LogP contribution in [0.25, 0.3) is 0 Å². The quantitative estimate of drug-likeness (QED) is 0.433. The normalized spacial score (nSPS) is 23.7. The van der Waals surface area contributed by atoms with E-state index in [0.29, 0.717) is 17.4 Å². The third-order valence-electron chi connectivity index (χ3n) is 4.57. The molecule has 8 heteroatoms. The van der Waals surface area contributed by atoms with Crippen molar-refractivity contribution >= 4 is 41.0 Å². The van der Waals surface area contributed by atoms with Crippen LogP contribution in [0.1, 0.15) is 32.6 Å².